The fourth-order valence-electron chi connectivity index (χ4n) is 2.33. The van der Waals surface area contributed by atoms with Gasteiger partial charge in [0.2, 0.25) is 0 Å². The number of amides is 1. The Kier molecular flexibility index (Phi) is 4.66. The third kappa shape index (κ3) is 3.55. The third-order valence-electron chi connectivity index (χ3n) is 3.50. The molecule has 0 saturated carbocycles. The van der Waals surface area contributed by atoms with Crippen LogP contribution >= 0.6 is 22.7 Å². The summed E-state index contributed by atoms with van der Waals surface area (Å²) >= 11 is 3.19. The quantitative estimate of drug-likeness (QED) is 0.729. The Morgan fingerprint density at radius 3 is 2.83 bits per heavy atom. The van der Waals surface area contributed by atoms with E-state index in [-0.39, 0.29) is 12.5 Å². The van der Waals surface area contributed by atoms with E-state index in [2.05, 4.69) is 16.8 Å². The van der Waals surface area contributed by atoms with Crippen molar-refractivity contribution in [2.75, 3.05) is 6.54 Å². The number of rotatable bonds is 5. The normalized spacial score (nSPS) is 12.3. The van der Waals surface area contributed by atoms with Crippen LogP contribution in [-0.2, 0) is 0 Å². The smallest absolute Gasteiger partial charge is 0.254 e. The summed E-state index contributed by atoms with van der Waals surface area (Å²) in [6.07, 6.45) is -0.718. The molecule has 4 nitrogen and oxygen atoms in total. The summed E-state index contributed by atoms with van der Waals surface area (Å²) in [5, 5.41) is 17.1. The van der Waals surface area contributed by atoms with Crippen LogP contribution in [0.4, 0.5) is 0 Å². The molecule has 0 aromatic carbocycles. The Morgan fingerprint density at radius 1 is 1.35 bits per heavy atom. The molecule has 3 aromatic heterocycles. The zero-order valence-corrected chi connectivity index (χ0v) is 14.5. The van der Waals surface area contributed by atoms with Gasteiger partial charge in [0.15, 0.2) is 0 Å². The molecule has 0 bridgehead atoms. The van der Waals surface area contributed by atoms with Crippen molar-refractivity contribution >= 4 is 28.6 Å². The number of furan rings is 1. The maximum atomic E-state index is 12.1. The predicted molar refractivity (Wildman–Crippen MR) is 93.1 cm³/mol. The summed E-state index contributed by atoms with van der Waals surface area (Å²) in [5.74, 6) is 1.06. The Morgan fingerprint density at radius 2 is 2.17 bits per heavy atom. The Hall–Kier alpha value is -1.89. The molecule has 3 heterocycles. The van der Waals surface area contributed by atoms with E-state index in [4.69, 9.17) is 4.42 Å². The molecular formula is C17H17NO3S2. The number of hydrogen-bond donors (Lipinski definition) is 2. The molecule has 1 atom stereocenters. The van der Waals surface area contributed by atoms with Crippen molar-refractivity contribution in [1.29, 1.82) is 0 Å². The molecule has 0 aliphatic carbocycles. The van der Waals surface area contributed by atoms with E-state index in [1.807, 2.05) is 17.5 Å². The van der Waals surface area contributed by atoms with Gasteiger partial charge in [-0.3, -0.25) is 4.79 Å². The van der Waals surface area contributed by atoms with Gasteiger partial charge in [-0.05, 0) is 48.9 Å². The van der Waals surface area contributed by atoms with Gasteiger partial charge in [0.1, 0.15) is 17.6 Å². The standard InChI is InChI=1S/C17H17NO3S2/c1-10-7-13(11(2)21-10)17(20)18-8-14(19)16-4-3-15(23-16)12-5-6-22-9-12/h3-7,9,14,19H,8H2,1-2H3,(H,18,20). The molecule has 0 radical (unpaired) electrons. The molecule has 3 aromatic rings. The second kappa shape index (κ2) is 6.70. The van der Waals surface area contributed by atoms with E-state index in [1.165, 1.54) is 0 Å². The summed E-state index contributed by atoms with van der Waals surface area (Å²) in [4.78, 5) is 14.1. The molecule has 0 spiro atoms. The summed E-state index contributed by atoms with van der Waals surface area (Å²) in [6, 6.07) is 7.66. The van der Waals surface area contributed by atoms with Crippen molar-refractivity contribution in [1.82, 2.24) is 5.32 Å². The van der Waals surface area contributed by atoms with Gasteiger partial charge in [-0.15, -0.1) is 11.3 Å². The van der Waals surface area contributed by atoms with Crippen molar-refractivity contribution in [2.45, 2.75) is 20.0 Å². The minimum atomic E-state index is -0.718. The number of aryl methyl sites for hydroxylation is 2. The number of thiophene rings is 2. The van der Waals surface area contributed by atoms with E-state index >= 15 is 0 Å². The van der Waals surface area contributed by atoms with Gasteiger partial charge in [0, 0.05) is 21.9 Å². The molecule has 0 fully saturated rings. The predicted octanol–water partition coefficient (Wildman–Crippen LogP) is 4.15. The molecule has 6 heteroatoms. The molecule has 0 saturated heterocycles. The summed E-state index contributed by atoms with van der Waals surface area (Å²) < 4.78 is 5.35. The molecule has 2 N–H and O–H groups in total. The lowest BCUT2D eigenvalue weighted by Crippen LogP contribution is -2.28. The van der Waals surface area contributed by atoms with Gasteiger partial charge < -0.3 is 14.8 Å². The van der Waals surface area contributed by atoms with Gasteiger partial charge >= 0.3 is 0 Å². The lowest BCUT2D eigenvalue weighted by atomic mass is 10.2. The van der Waals surface area contributed by atoms with Crippen LogP contribution < -0.4 is 5.32 Å². The molecule has 0 aliphatic rings. The zero-order chi connectivity index (χ0) is 16.4. The van der Waals surface area contributed by atoms with Crippen molar-refractivity contribution in [2.24, 2.45) is 0 Å². The lowest BCUT2D eigenvalue weighted by molar-refractivity contribution is 0.0916. The second-order valence-corrected chi connectivity index (χ2v) is 7.16. The number of nitrogens with one attached hydrogen (secondary N) is 1. The average Bonchev–Trinajstić information content (AvgIpc) is 3.24. The van der Waals surface area contributed by atoms with Gasteiger partial charge in [-0.2, -0.15) is 11.3 Å². The van der Waals surface area contributed by atoms with Crippen LogP contribution in [0.3, 0.4) is 0 Å². The highest BCUT2D eigenvalue weighted by molar-refractivity contribution is 7.16. The fraction of sp³-hybridized carbons (Fsp3) is 0.235. The molecule has 1 unspecified atom stereocenters. The van der Waals surface area contributed by atoms with Crippen LogP contribution in [0.2, 0.25) is 0 Å². The van der Waals surface area contributed by atoms with E-state index in [0.717, 1.165) is 15.3 Å². The topological polar surface area (TPSA) is 62.5 Å². The minimum absolute atomic E-state index is 0.173. The fourth-order valence-corrected chi connectivity index (χ4v) is 4.05. The first-order valence-electron chi connectivity index (χ1n) is 7.20. The number of carbonyl (C=O) groups excluding carboxylic acids is 1. The van der Waals surface area contributed by atoms with Crippen LogP contribution in [0.15, 0.2) is 39.4 Å². The van der Waals surface area contributed by atoms with Gasteiger partial charge in [-0.25, -0.2) is 0 Å². The zero-order valence-electron chi connectivity index (χ0n) is 12.8. The van der Waals surface area contributed by atoms with Gasteiger partial charge in [0.25, 0.3) is 5.91 Å². The Labute approximate surface area is 142 Å². The first kappa shape index (κ1) is 16.0. The maximum Gasteiger partial charge on any atom is 0.254 e. The molecule has 1 amide bonds. The Balaban J connectivity index is 1.62. The van der Waals surface area contributed by atoms with Gasteiger partial charge in [-0.1, -0.05) is 0 Å². The van der Waals surface area contributed by atoms with E-state index < -0.39 is 6.10 Å². The highest BCUT2D eigenvalue weighted by Gasteiger charge is 2.16. The van der Waals surface area contributed by atoms with Crippen LogP contribution in [0.25, 0.3) is 10.4 Å². The molecule has 120 valence electrons. The number of hydrogen-bond acceptors (Lipinski definition) is 5. The largest absolute Gasteiger partial charge is 0.466 e. The third-order valence-corrected chi connectivity index (χ3v) is 5.42. The number of carbonyl (C=O) groups is 1. The van der Waals surface area contributed by atoms with Crippen molar-refractivity contribution < 1.29 is 14.3 Å². The van der Waals surface area contributed by atoms with Crippen molar-refractivity contribution in [3.63, 3.8) is 0 Å². The highest BCUT2D eigenvalue weighted by Crippen LogP contribution is 2.32. The number of aliphatic hydroxyl groups is 1. The van der Waals surface area contributed by atoms with E-state index in [1.54, 1.807) is 42.6 Å². The summed E-state index contributed by atoms with van der Waals surface area (Å²) in [6.45, 7) is 3.73. The monoisotopic (exact) mass is 347 g/mol. The summed E-state index contributed by atoms with van der Waals surface area (Å²) in [5.41, 5.74) is 1.67. The lowest BCUT2D eigenvalue weighted by Gasteiger charge is -2.09. The van der Waals surface area contributed by atoms with Gasteiger partial charge in [0.05, 0.1) is 5.56 Å². The number of aliphatic hydroxyl groups excluding tert-OH is 1. The first-order valence-corrected chi connectivity index (χ1v) is 8.96. The maximum absolute atomic E-state index is 12.1. The molecule has 3 rings (SSSR count). The second-order valence-electron chi connectivity index (χ2n) is 5.27. The first-order chi connectivity index (χ1) is 11.0. The van der Waals surface area contributed by atoms with E-state index in [0.29, 0.717) is 17.1 Å². The highest BCUT2D eigenvalue weighted by atomic mass is 32.1. The van der Waals surface area contributed by atoms with Crippen LogP contribution in [0.5, 0.6) is 0 Å². The molecule has 23 heavy (non-hydrogen) atoms. The van der Waals surface area contributed by atoms with Crippen LogP contribution in [0, 0.1) is 13.8 Å². The SMILES string of the molecule is Cc1cc(C(=O)NCC(O)c2ccc(-c3ccsc3)s2)c(C)o1. The summed E-state index contributed by atoms with van der Waals surface area (Å²) in [7, 11) is 0. The van der Waals surface area contributed by atoms with Crippen molar-refractivity contribution in [3.05, 3.63) is 57.0 Å². The van der Waals surface area contributed by atoms with Crippen molar-refractivity contribution in [3.8, 4) is 10.4 Å². The molecule has 0 aliphatic heterocycles. The average molecular weight is 347 g/mol. The van der Waals surface area contributed by atoms with Crippen LogP contribution in [-0.4, -0.2) is 17.6 Å². The minimum Gasteiger partial charge on any atom is -0.466 e. The molecular weight excluding hydrogens is 330 g/mol. The van der Waals surface area contributed by atoms with Crippen LogP contribution in [0.1, 0.15) is 32.9 Å². The van der Waals surface area contributed by atoms with E-state index in [9.17, 15) is 9.90 Å². The Bertz CT molecular complexity index is 802.